The summed E-state index contributed by atoms with van der Waals surface area (Å²) in [6.07, 6.45) is 5.09. The Balaban J connectivity index is 2.16. The van der Waals surface area contributed by atoms with Crippen LogP contribution in [0.2, 0.25) is 0 Å². The molecule has 0 bridgehead atoms. The van der Waals surface area contributed by atoms with E-state index in [1.807, 2.05) is 0 Å². The highest BCUT2D eigenvalue weighted by Crippen LogP contribution is 2.36. The Morgan fingerprint density at radius 3 is 2.80 bits per heavy atom. The molecule has 1 atom stereocenters. The Bertz CT molecular complexity index is 214. The number of nitrogens with one attached hydrogen (secondary N) is 1. The van der Waals surface area contributed by atoms with E-state index in [1.165, 1.54) is 6.42 Å². The summed E-state index contributed by atoms with van der Waals surface area (Å²) in [6, 6.07) is 0.314. The lowest BCUT2D eigenvalue weighted by Gasteiger charge is -2.17. The van der Waals surface area contributed by atoms with Crippen molar-refractivity contribution in [2.75, 3.05) is 6.61 Å². The van der Waals surface area contributed by atoms with Crippen LogP contribution in [0.1, 0.15) is 52.9 Å². The number of hydrogen-bond acceptors (Lipinski definition) is 2. The molecule has 1 rings (SSSR count). The van der Waals surface area contributed by atoms with Crippen molar-refractivity contribution in [2.24, 2.45) is 5.41 Å². The lowest BCUT2D eigenvalue weighted by molar-refractivity contribution is 0.140. The maximum Gasteiger partial charge on any atom is 0.407 e. The minimum absolute atomic E-state index is 0.244. The fraction of sp³-hybridized carbons (Fsp3) is 0.917. The van der Waals surface area contributed by atoms with Gasteiger partial charge in [-0.15, -0.1) is 0 Å². The lowest BCUT2D eigenvalue weighted by atomic mass is 9.92. The second-order valence-corrected chi connectivity index (χ2v) is 5.24. The summed E-state index contributed by atoms with van der Waals surface area (Å²) in [6.45, 7) is 7.12. The van der Waals surface area contributed by atoms with E-state index in [9.17, 15) is 4.79 Å². The third kappa shape index (κ3) is 4.54. The van der Waals surface area contributed by atoms with Crippen LogP contribution >= 0.6 is 0 Å². The molecule has 1 N–H and O–H groups in total. The van der Waals surface area contributed by atoms with Gasteiger partial charge in [0.2, 0.25) is 0 Å². The van der Waals surface area contributed by atoms with E-state index in [0.717, 1.165) is 25.7 Å². The van der Waals surface area contributed by atoms with E-state index >= 15 is 0 Å². The predicted octanol–water partition coefficient (Wildman–Crippen LogP) is 3.09. The molecule has 0 spiro atoms. The van der Waals surface area contributed by atoms with Crippen LogP contribution in [0.5, 0.6) is 0 Å². The van der Waals surface area contributed by atoms with Gasteiger partial charge in [0.15, 0.2) is 0 Å². The molecule has 1 unspecified atom stereocenters. The molecule has 3 heteroatoms. The first-order valence-electron chi connectivity index (χ1n) is 5.97. The van der Waals surface area contributed by atoms with E-state index in [2.05, 4.69) is 26.1 Å². The normalized spacial score (nSPS) is 23.8. The molecule has 3 nitrogen and oxygen atoms in total. The zero-order chi connectivity index (χ0) is 11.3. The van der Waals surface area contributed by atoms with Gasteiger partial charge in [-0.25, -0.2) is 4.79 Å². The zero-order valence-electron chi connectivity index (χ0n) is 10.1. The molecule has 1 aliphatic carbocycles. The van der Waals surface area contributed by atoms with E-state index in [0.29, 0.717) is 18.1 Å². The monoisotopic (exact) mass is 213 g/mol. The van der Waals surface area contributed by atoms with Crippen LogP contribution in [0.4, 0.5) is 4.79 Å². The number of unbranched alkanes of at least 4 members (excludes halogenated alkanes) is 1. The van der Waals surface area contributed by atoms with Crippen molar-refractivity contribution in [3.63, 3.8) is 0 Å². The molecule has 0 aromatic heterocycles. The third-order valence-electron chi connectivity index (χ3n) is 3.02. The van der Waals surface area contributed by atoms with Gasteiger partial charge in [-0.05, 0) is 31.1 Å². The molecule has 1 amide bonds. The molecule has 1 aliphatic rings. The van der Waals surface area contributed by atoms with Crippen LogP contribution < -0.4 is 5.32 Å². The van der Waals surface area contributed by atoms with E-state index in [4.69, 9.17) is 4.74 Å². The van der Waals surface area contributed by atoms with Gasteiger partial charge in [-0.1, -0.05) is 27.2 Å². The first-order chi connectivity index (χ1) is 7.03. The summed E-state index contributed by atoms with van der Waals surface area (Å²) >= 11 is 0. The summed E-state index contributed by atoms with van der Waals surface area (Å²) in [4.78, 5) is 11.4. The van der Waals surface area contributed by atoms with Crippen molar-refractivity contribution in [3.8, 4) is 0 Å². The Labute approximate surface area is 92.6 Å². The van der Waals surface area contributed by atoms with Crippen LogP contribution in [0.25, 0.3) is 0 Å². The van der Waals surface area contributed by atoms with Crippen molar-refractivity contribution in [1.82, 2.24) is 5.32 Å². The van der Waals surface area contributed by atoms with Gasteiger partial charge >= 0.3 is 6.09 Å². The van der Waals surface area contributed by atoms with Crippen LogP contribution in [-0.4, -0.2) is 18.7 Å². The van der Waals surface area contributed by atoms with Gasteiger partial charge in [0.25, 0.3) is 0 Å². The largest absolute Gasteiger partial charge is 0.450 e. The molecular weight excluding hydrogens is 190 g/mol. The van der Waals surface area contributed by atoms with Gasteiger partial charge < -0.3 is 10.1 Å². The fourth-order valence-electron chi connectivity index (χ4n) is 2.08. The molecule has 1 fully saturated rings. The van der Waals surface area contributed by atoms with Crippen LogP contribution in [0.3, 0.4) is 0 Å². The van der Waals surface area contributed by atoms with E-state index in [1.54, 1.807) is 0 Å². The second kappa shape index (κ2) is 5.38. The number of carbonyl (C=O) groups is 1. The van der Waals surface area contributed by atoms with Crippen molar-refractivity contribution >= 4 is 6.09 Å². The zero-order valence-corrected chi connectivity index (χ0v) is 10.1. The van der Waals surface area contributed by atoms with Crippen molar-refractivity contribution < 1.29 is 9.53 Å². The Morgan fingerprint density at radius 1 is 1.53 bits per heavy atom. The van der Waals surface area contributed by atoms with Crippen LogP contribution in [0, 0.1) is 5.41 Å². The molecule has 0 aliphatic heterocycles. The first-order valence-corrected chi connectivity index (χ1v) is 5.97. The van der Waals surface area contributed by atoms with Crippen LogP contribution in [0.15, 0.2) is 0 Å². The summed E-state index contributed by atoms with van der Waals surface area (Å²) in [7, 11) is 0. The molecule has 88 valence electrons. The number of rotatable bonds is 4. The molecule has 0 radical (unpaired) electrons. The maximum atomic E-state index is 11.4. The van der Waals surface area contributed by atoms with Gasteiger partial charge in [0, 0.05) is 6.04 Å². The van der Waals surface area contributed by atoms with E-state index < -0.39 is 0 Å². The Hall–Kier alpha value is -0.730. The van der Waals surface area contributed by atoms with Crippen molar-refractivity contribution in [2.45, 2.75) is 58.9 Å². The minimum Gasteiger partial charge on any atom is -0.450 e. The Kier molecular flexibility index (Phi) is 4.43. The maximum absolute atomic E-state index is 11.4. The standard InChI is InChI=1S/C12H23NO2/c1-4-5-8-15-11(14)13-10-6-7-12(2,3)9-10/h10H,4-9H2,1-3H3,(H,13,14). The highest BCUT2D eigenvalue weighted by atomic mass is 16.5. The fourth-order valence-corrected chi connectivity index (χ4v) is 2.08. The summed E-state index contributed by atoms with van der Waals surface area (Å²) < 4.78 is 5.06. The van der Waals surface area contributed by atoms with Crippen molar-refractivity contribution in [1.29, 1.82) is 0 Å². The lowest BCUT2D eigenvalue weighted by Crippen LogP contribution is -2.34. The van der Waals surface area contributed by atoms with Crippen molar-refractivity contribution in [3.05, 3.63) is 0 Å². The van der Waals surface area contributed by atoms with Gasteiger partial charge in [0.05, 0.1) is 6.61 Å². The Morgan fingerprint density at radius 2 is 2.27 bits per heavy atom. The SMILES string of the molecule is CCCCOC(=O)NC1CCC(C)(C)C1. The molecule has 1 saturated carbocycles. The number of amides is 1. The highest BCUT2D eigenvalue weighted by molar-refractivity contribution is 5.67. The molecule has 0 heterocycles. The second-order valence-electron chi connectivity index (χ2n) is 5.24. The molecule has 0 saturated heterocycles. The summed E-state index contributed by atoms with van der Waals surface area (Å²) in [5.41, 5.74) is 0.376. The molecular formula is C12H23NO2. The van der Waals surface area contributed by atoms with Crippen LogP contribution in [-0.2, 0) is 4.74 Å². The third-order valence-corrected chi connectivity index (χ3v) is 3.02. The highest BCUT2D eigenvalue weighted by Gasteiger charge is 2.31. The minimum atomic E-state index is -0.244. The molecule has 0 aromatic rings. The molecule has 15 heavy (non-hydrogen) atoms. The number of ether oxygens (including phenoxy) is 1. The average molecular weight is 213 g/mol. The first kappa shape index (κ1) is 12.3. The van der Waals surface area contributed by atoms with Gasteiger partial charge in [-0.3, -0.25) is 0 Å². The number of alkyl carbamates (subject to hydrolysis) is 1. The average Bonchev–Trinajstić information content (AvgIpc) is 2.46. The topological polar surface area (TPSA) is 38.3 Å². The summed E-state index contributed by atoms with van der Waals surface area (Å²) in [5.74, 6) is 0. The smallest absolute Gasteiger partial charge is 0.407 e. The van der Waals surface area contributed by atoms with Gasteiger partial charge in [0.1, 0.15) is 0 Å². The predicted molar refractivity (Wildman–Crippen MR) is 60.8 cm³/mol. The van der Waals surface area contributed by atoms with E-state index in [-0.39, 0.29) is 6.09 Å². The van der Waals surface area contributed by atoms with Gasteiger partial charge in [-0.2, -0.15) is 0 Å². The number of carbonyl (C=O) groups excluding carboxylic acids is 1. The summed E-state index contributed by atoms with van der Waals surface area (Å²) in [5, 5.41) is 2.93. The number of hydrogen-bond donors (Lipinski definition) is 1. The quantitative estimate of drug-likeness (QED) is 0.729. The molecule has 0 aromatic carbocycles.